The van der Waals surface area contributed by atoms with Crippen molar-refractivity contribution in [2.45, 2.75) is 25.3 Å². The highest BCUT2D eigenvalue weighted by Gasteiger charge is 2.24. The van der Waals surface area contributed by atoms with E-state index in [1.54, 1.807) is 10.7 Å². The molecule has 1 aromatic carbocycles. The smallest absolute Gasteiger partial charge is 0.320 e. The highest BCUT2D eigenvalue weighted by Crippen LogP contribution is 2.29. The van der Waals surface area contributed by atoms with Crippen LogP contribution in [0.15, 0.2) is 48.8 Å². The monoisotopic (exact) mass is 336 g/mol. The summed E-state index contributed by atoms with van der Waals surface area (Å²) in [5.74, 6) is 0.517. The Hall–Kier alpha value is -3.09. The van der Waals surface area contributed by atoms with Gasteiger partial charge in [-0.2, -0.15) is 5.10 Å². The van der Waals surface area contributed by atoms with Crippen LogP contribution in [0.4, 0.5) is 10.6 Å². The lowest BCUT2D eigenvalue weighted by Crippen LogP contribution is -2.34. The molecule has 1 aliphatic rings. The lowest BCUT2D eigenvalue weighted by atomic mass is 9.93. The first-order chi connectivity index (χ1) is 12.2. The van der Waals surface area contributed by atoms with Crippen LogP contribution in [0.2, 0.25) is 0 Å². The summed E-state index contributed by atoms with van der Waals surface area (Å²) in [6.07, 6.45) is 6.64. The van der Waals surface area contributed by atoms with Gasteiger partial charge in [0.2, 0.25) is 0 Å². The van der Waals surface area contributed by atoms with Crippen LogP contribution in [-0.4, -0.2) is 25.6 Å². The average molecular weight is 336 g/mol. The molecule has 0 saturated heterocycles. The number of anilines is 1. The van der Waals surface area contributed by atoms with E-state index < -0.39 is 0 Å². The number of para-hydroxylation sites is 1. The maximum absolute atomic E-state index is 12.3. The quantitative estimate of drug-likeness (QED) is 0.772. The van der Waals surface area contributed by atoms with Crippen LogP contribution >= 0.6 is 0 Å². The van der Waals surface area contributed by atoms with Gasteiger partial charge in [-0.05, 0) is 31.4 Å². The molecule has 7 nitrogen and oxygen atoms in total. The summed E-state index contributed by atoms with van der Waals surface area (Å²) >= 11 is 0. The minimum absolute atomic E-state index is 0.00587. The Kier molecular flexibility index (Phi) is 3.97. The molecule has 0 spiro atoms. The second kappa shape index (κ2) is 6.43. The summed E-state index contributed by atoms with van der Waals surface area (Å²) in [4.78, 5) is 12.3. The molecule has 0 saturated carbocycles. The van der Waals surface area contributed by atoms with Gasteiger partial charge in [-0.15, -0.1) is 5.10 Å². The van der Waals surface area contributed by atoms with Gasteiger partial charge < -0.3 is 5.32 Å². The van der Waals surface area contributed by atoms with Crippen molar-refractivity contribution in [3.8, 4) is 5.69 Å². The van der Waals surface area contributed by atoms with E-state index in [0.29, 0.717) is 5.82 Å². The third-order valence-electron chi connectivity index (χ3n) is 4.53. The Morgan fingerprint density at radius 2 is 2.08 bits per heavy atom. The number of nitrogens with one attached hydrogen (secondary N) is 2. The van der Waals surface area contributed by atoms with E-state index in [9.17, 15) is 4.79 Å². The van der Waals surface area contributed by atoms with Crippen LogP contribution in [-0.2, 0) is 13.5 Å². The van der Waals surface area contributed by atoms with Crippen molar-refractivity contribution < 1.29 is 4.79 Å². The molecule has 0 unspecified atom stereocenters. The molecule has 2 N–H and O–H groups in total. The first-order valence-corrected chi connectivity index (χ1v) is 8.40. The molecule has 3 aromatic rings. The Labute approximate surface area is 145 Å². The summed E-state index contributed by atoms with van der Waals surface area (Å²) in [6.45, 7) is 0. The lowest BCUT2D eigenvalue weighted by molar-refractivity contribution is 0.247. The summed E-state index contributed by atoms with van der Waals surface area (Å²) in [5.41, 5.74) is 3.26. The van der Waals surface area contributed by atoms with Gasteiger partial charge in [0.05, 0.1) is 17.9 Å². The fourth-order valence-corrected chi connectivity index (χ4v) is 3.28. The number of fused-ring (bicyclic) bond motifs is 1. The first-order valence-electron chi connectivity index (χ1n) is 8.40. The third-order valence-corrected chi connectivity index (χ3v) is 4.53. The molecule has 1 aliphatic carbocycles. The number of carbonyl (C=O) groups is 1. The van der Waals surface area contributed by atoms with E-state index in [4.69, 9.17) is 0 Å². The Balaban J connectivity index is 1.43. The summed E-state index contributed by atoms with van der Waals surface area (Å²) in [7, 11) is 1.94. The molecule has 0 fully saturated rings. The third kappa shape index (κ3) is 3.13. The SMILES string of the molecule is Cn1ncc2c1CCC[C@@H]2NC(=O)Nc1ccn(-c2ccccc2)n1. The standard InChI is InChI=1S/C18H20N6O/c1-23-16-9-5-8-15(14(16)12-19-23)20-18(25)21-17-10-11-24(22-17)13-6-3-2-4-7-13/h2-4,6-7,10-12,15H,5,8-9H2,1H3,(H2,20,21,22,25)/t15-/m0/s1. The summed E-state index contributed by atoms with van der Waals surface area (Å²) in [6, 6.07) is 11.3. The van der Waals surface area contributed by atoms with Crippen LogP contribution in [0.5, 0.6) is 0 Å². The molecule has 2 heterocycles. The second-order valence-corrected chi connectivity index (χ2v) is 6.19. The number of carbonyl (C=O) groups excluding carboxylic acids is 1. The molecular formula is C18H20N6O. The lowest BCUT2D eigenvalue weighted by Gasteiger charge is -2.23. The fourth-order valence-electron chi connectivity index (χ4n) is 3.28. The number of benzene rings is 1. The van der Waals surface area contributed by atoms with Crippen LogP contribution < -0.4 is 10.6 Å². The van der Waals surface area contributed by atoms with Crippen LogP contribution in [0.3, 0.4) is 0 Å². The van der Waals surface area contributed by atoms with Gasteiger partial charge in [0, 0.05) is 30.6 Å². The van der Waals surface area contributed by atoms with E-state index >= 15 is 0 Å². The maximum atomic E-state index is 12.3. The van der Waals surface area contributed by atoms with Gasteiger partial charge in [-0.1, -0.05) is 18.2 Å². The number of hydrogen-bond donors (Lipinski definition) is 2. The number of aryl methyl sites for hydroxylation is 1. The van der Waals surface area contributed by atoms with E-state index in [0.717, 1.165) is 30.5 Å². The zero-order chi connectivity index (χ0) is 17.2. The molecule has 2 amide bonds. The van der Waals surface area contributed by atoms with Crippen molar-refractivity contribution in [3.05, 3.63) is 60.0 Å². The number of urea groups is 1. The summed E-state index contributed by atoms with van der Waals surface area (Å²) < 4.78 is 3.62. The van der Waals surface area contributed by atoms with Gasteiger partial charge in [0.25, 0.3) is 0 Å². The number of rotatable bonds is 3. The zero-order valence-electron chi connectivity index (χ0n) is 14.0. The van der Waals surface area contributed by atoms with Gasteiger partial charge in [-0.3, -0.25) is 10.00 Å². The van der Waals surface area contributed by atoms with Crippen LogP contribution in [0, 0.1) is 0 Å². The largest absolute Gasteiger partial charge is 0.331 e. The van der Waals surface area contributed by atoms with Gasteiger partial charge in [0.1, 0.15) is 0 Å². The van der Waals surface area contributed by atoms with Crippen molar-refractivity contribution in [1.82, 2.24) is 24.9 Å². The molecule has 2 aromatic heterocycles. The van der Waals surface area contributed by atoms with Crippen molar-refractivity contribution in [2.24, 2.45) is 7.05 Å². The molecule has 4 rings (SSSR count). The predicted octanol–water partition coefficient (Wildman–Crippen LogP) is 2.80. The minimum atomic E-state index is -0.250. The molecule has 0 bridgehead atoms. The van der Waals surface area contributed by atoms with Gasteiger partial charge in [0.15, 0.2) is 5.82 Å². The Bertz CT molecular complexity index is 882. The van der Waals surface area contributed by atoms with Crippen LogP contribution in [0.1, 0.15) is 30.1 Å². The second-order valence-electron chi connectivity index (χ2n) is 6.19. The molecule has 7 heteroatoms. The molecule has 1 atom stereocenters. The fraction of sp³-hybridized carbons (Fsp3) is 0.278. The topological polar surface area (TPSA) is 76.8 Å². The van der Waals surface area contributed by atoms with Crippen molar-refractivity contribution in [1.29, 1.82) is 0 Å². The number of nitrogens with zero attached hydrogens (tertiary/aromatic N) is 4. The van der Waals surface area contributed by atoms with E-state index in [-0.39, 0.29) is 12.1 Å². The first kappa shape index (κ1) is 15.4. The minimum Gasteiger partial charge on any atom is -0.331 e. The average Bonchev–Trinajstić information content (AvgIpc) is 3.24. The number of hydrogen-bond acceptors (Lipinski definition) is 3. The molecule has 128 valence electrons. The molecule has 0 aliphatic heterocycles. The highest BCUT2D eigenvalue weighted by atomic mass is 16.2. The zero-order valence-corrected chi connectivity index (χ0v) is 14.0. The van der Waals surface area contributed by atoms with Gasteiger partial charge >= 0.3 is 6.03 Å². The molecule has 25 heavy (non-hydrogen) atoms. The molecule has 0 radical (unpaired) electrons. The number of amides is 2. The van der Waals surface area contributed by atoms with Gasteiger partial charge in [-0.25, -0.2) is 9.48 Å². The predicted molar refractivity (Wildman–Crippen MR) is 94.6 cm³/mol. The molecular weight excluding hydrogens is 316 g/mol. The Morgan fingerprint density at radius 1 is 1.24 bits per heavy atom. The highest BCUT2D eigenvalue weighted by molar-refractivity contribution is 5.88. The van der Waals surface area contributed by atoms with Crippen molar-refractivity contribution in [3.63, 3.8) is 0 Å². The maximum Gasteiger partial charge on any atom is 0.320 e. The Morgan fingerprint density at radius 3 is 2.92 bits per heavy atom. The van der Waals surface area contributed by atoms with E-state index in [1.807, 2.05) is 54.5 Å². The van der Waals surface area contributed by atoms with Crippen molar-refractivity contribution in [2.75, 3.05) is 5.32 Å². The summed E-state index contributed by atoms with van der Waals surface area (Å²) in [5, 5.41) is 14.5. The van der Waals surface area contributed by atoms with Crippen LogP contribution in [0.25, 0.3) is 5.69 Å². The number of aromatic nitrogens is 4. The van der Waals surface area contributed by atoms with E-state index in [2.05, 4.69) is 20.8 Å². The van der Waals surface area contributed by atoms with E-state index in [1.165, 1.54) is 5.69 Å². The normalized spacial score (nSPS) is 16.3. The van der Waals surface area contributed by atoms with Crippen molar-refractivity contribution >= 4 is 11.8 Å².